The Balaban J connectivity index is 2.10. The SMILES string of the molecule is Cc1ccc2c(C)c(C(N)c3ccc(F)c(F)c3)oc2c1. The minimum Gasteiger partial charge on any atom is -0.459 e. The highest BCUT2D eigenvalue weighted by Crippen LogP contribution is 2.32. The van der Waals surface area contributed by atoms with Crippen LogP contribution in [0, 0.1) is 25.5 Å². The van der Waals surface area contributed by atoms with Crippen LogP contribution in [0.25, 0.3) is 11.0 Å². The molecule has 0 aliphatic rings. The Morgan fingerprint density at radius 2 is 1.76 bits per heavy atom. The maximum Gasteiger partial charge on any atom is 0.159 e. The van der Waals surface area contributed by atoms with Crippen LogP contribution in [-0.2, 0) is 0 Å². The van der Waals surface area contributed by atoms with Gasteiger partial charge in [-0.1, -0.05) is 18.2 Å². The van der Waals surface area contributed by atoms with E-state index in [0.29, 0.717) is 11.3 Å². The highest BCUT2D eigenvalue weighted by molar-refractivity contribution is 5.83. The smallest absolute Gasteiger partial charge is 0.159 e. The van der Waals surface area contributed by atoms with Crippen LogP contribution in [0.15, 0.2) is 40.8 Å². The van der Waals surface area contributed by atoms with Crippen LogP contribution in [0.3, 0.4) is 0 Å². The second-order valence-corrected chi connectivity index (χ2v) is 5.24. The summed E-state index contributed by atoms with van der Waals surface area (Å²) in [6.07, 6.45) is 0. The molecule has 1 aromatic heterocycles. The van der Waals surface area contributed by atoms with Crippen molar-refractivity contribution < 1.29 is 13.2 Å². The molecular weight excluding hydrogens is 272 g/mol. The molecule has 3 aromatic rings. The molecule has 0 saturated heterocycles. The second kappa shape index (κ2) is 4.97. The van der Waals surface area contributed by atoms with E-state index in [4.69, 9.17) is 10.2 Å². The van der Waals surface area contributed by atoms with Crippen molar-refractivity contribution in [2.75, 3.05) is 0 Å². The third-order valence-electron chi connectivity index (χ3n) is 3.72. The topological polar surface area (TPSA) is 39.2 Å². The van der Waals surface area contributed by atoms with E-state index in [0.717, 1.165) is 34.2 Å². The summed E-state index contributed by atoms with van der Waals surface area (Å²) in [6.45, 7) is 3.89. The van der Waals surface area contributed by atoms with Gasteiger partial charge in [0.05, 0.1) is 6.04 Å². The number of nitrogens with two attached hydrogens (primary N) is 1. The molecule has 0 spiro atoms. The molecule has 0 amide bonds. The van der Waals surface area contributed by atoms with Gasteiger partial charge >= 0.3 is 0 Å². The quantitative estimate of drug-likeness (QED) is 0.760. The summed E-state index contributed by atoms with van der Waals surface area (Å²) in [7, 11) is 0. The maximum atomic E-state index is 13.4. The molecule has 0 saturated carbocycles. The molecule has 3 rings (SSSR count). The van der Waals surface area contributed by atoms with Crippen LogP contribution < -0.4 is 5.73 Å². The van der Waals surface area contributed by atoms with E-state index in [-0.39, 0.29) is 0 Å². The molecule has 1 atom stereocenters. The number of benzene rings is 2. The molecular formula is C17H15F2NO. The predicted molar refractivity (Wildman–Crippen MR) is 78.1 cm³/mol. The summed E-state index contributed by atoms with van der Waals surface area (Å²) in [5.74, 6) is -1.22. The molecule has 2 nitrogen and oxygen atoms in total. The van der Waals surface area contributed by atoms with Crippen molar-refractivity contribution in [3.63, 3.8) is 0 Å². The summed E-state index contributed by atoms with van der Waals surface area (Å²) < 4.78 is 32.2. The Bertz CT molecular complexity index is 823. The molecule has 0 aliphatic heterocycles. The number of hydrogen-bond acceptors (Lipinski definition) is 2. The number of halogens is 2. The lowest BCUT2D eigenvalue weighted by molar-refractivity contribution is 0.498. The Hall–Kier alpha value is -2.20. The van der Waals surface area contributed by atoms with Crippen LogP contribution in [0.1, 0.15) is 28.5 Å². The molecule has 4 heteroatoms. The van der Waals surface area contributed by atoms with E-state index < -0.39 is 17.7 Å². The summed E-state index contributed by atoms with van der Waals surface area (Å²) in [5, 5.41) is 0.980. The lowest BCUT2D eigenvalue weighted by Crippen LogP contribution is -2.12. The van der Waals surface area contributed by atoms with Crippen molar-refractivity contribution in [3.8, 4) is 0 Å². The molecule has 1 heterocycles. The zero-order chi connectivity index (χ0) is 15.1. The summed E-state index contributed by atoms with van der Waals surface area (Å²) in [6, 6.07) is 8.94. The monoisotopic (exact) mass is 287 g/mol. The van der Waals surface area contributed by atoms with E-state index in [1.807, 2.05) is 32.0 Å². The molecule has 0 radical (unpaired) electrons. The van der Waals surface area contributed by atoms with E-state index in [1.54, 1.807) is 0 Å². The van der Waals surface area contributed by atoms with Crippen molar-refractivity contribution in [1.29, 1.82) is 0 Å². The largest absolute Gasteiger partial charge is 0.459 e. The number of hydrogen-bond donors (Lipinski definition) is 1. The standard InChI is InChI=1S/C17H15F2NO/c1-9-3-5-12-10(2)17(21-15(12)7-9)16(20)11-4-6-13(18)14(19)8-11/h3-8,16H,20H2,1-2H3. The molecule has 0 aliphatic carbocycles. The fraction of sp³-hybridized carbons (Fsp3) is 0.176. The van der Waals surface area contributed by atoms with Crippen molar-refractivity contribution in [1.82, 2.24) is 0 Å². The zero-order valence-corrected chi connectivity index (χ0v) is 11.8. The van der Waals surface area contributed by atoms with Gasteiger partial charge in [-0.05, 0) is 43.2 Å². The summed E-state index contributed by atoms with van der Waals surface area (Å²) in [4.78, 5) is 0. The number of rotatable bonds is 2. The molecule has 0 fully saturated rings. The van der Waals surface area contributed by atoms with Gasteiger partial charge in [-0.15, -0.1) is 0 Å². The minimum absolute atomic E-state index is 0.479. The second-order valence-electron chi connectivity index (χ2n) is 5.24. The van der Waals surface area contributed by atoms with Gasteiger partial charge in [-0.3, -0.25) is 0 Å². The highest BCUT2D eigenvalue weighted by atomic mass is 19.2. The molecule has 21 heavy (non-hydrogen) atoms. The minimum atomic E-state index is -0.910. The molecule has 2 aromatic carbocycles. The predicted octanol–water partition coefficient (Wildman–Crippen LogP) is 4.38. The van der Waals surface area contributed by atoms with E-state index in [9.17, 15) is 8.78 Å². The Morgan fingerprint density at radius 1 is 1.00 bits per heavy atom. The average Bonchev–Trinajstić information content (AvgIpc) is 2.77. The fourth-order valence-electron chi connectivity index (χ4n) is 2.51. The molecule has 108 valence electrons. The number of furan rings is 1. The Labute approximate surface area is 121 Å². The van der Waals surface area contributed by atoms with E-state index >= 15 is 0 Å². The van der Waals surface area contributed by atoms with E-state index in [1.165, 1.54) is 6.07 Å². The molecule has 1 unspecified atom stereocenters. The van der Waals surface area contributed by atoms with Crippen molar-refractivity contribution in [3.05, 3.63) is 70.5 Å². The maximum absolute atomic E-state index is 13.4. The van der Waals surface area contributed by atoms with E-state index in [2.05, 4.69) is 0 Å². The third kappa shape index (κ3) is 2.32. The first kappa shape index (κ1) is 13.8. The van der Waals surface area contributed by atoms with Crippen LogP contribution >= 0.6 is 0 Å². The Kier molecular flexibility index (Phi) is 3.26. The number of aryl methyl sites for hydroxylation is 2. The average molecular weight is 287 g/mol. The first-order chi connectivity index (χ1) is 9.97. The third-order valence-corrected chi connectivity index (χ3v) is 3.72. The van der Waals surface area contributed by atoms with Crippen LogP contribution in [0.2, 0.25) is 0 Å². The van der Waals surface area contributed by atoms with Crippen molar-refractivity contribution in [2.45, 2.75) is 19.9 Å². The lowest BCUT2D eigenvalue weighted by atomic mass is 10.0. The summed E-state index contributed by atoms with van der Waals surface area (Å²) >= 11 is 0. The van der Waals surface area contributed by atoms with Crippen LogP contribution in [-0.4, -0.2) is 0 Å². The fourth-order valence-corrected chi connectivity index (χ4v) is 2.51. The van der Waals surface area contributed by atoms with Crippen molar-refractivity contribution >= 4 is 11.0 Å². The van der Waals surface area contributed by atoms with Gasteiger partial charge in [-0.2, -0.15) is 0 Å². The van der Waals surface area contributed by atoms with Gasteiger partial charge in [-0.25, -0.2) is 8.78 Å². The molecule has 0 bridgehead atoms. The van der Waals surface area contributed by atoms with Crippen molar-refractivity contribution in [2.24, 2.45) is 5.73 Å². The highest BCUT2D eigenvalue weighted by Gasteiger charge is 2.19. The Morgan fingerprint density at radius 3 is 2.48 bits per heavy atom. The van der Waals surface area contributed by atoms with Gasteiger partial charge < -0.3 is 10.2 Å². The van der Waals surface area contributed by atoms with Gasteiger partial charge in [0.15, 0.2) is 11.6 Å². The summed E-state index contributed by atoms with van der Waals surface area (Å²) in [5.41, 5.74) is 9.39. The van der Waals surface area contributed by atoms with Crippen LogP contribution in [0.5, 0.6) is 0 Å². The first-order valence-corrected chi connectivity index (χ1v) is 6.67. The zero-order valence-electron chi connectivity index (χ0n) is 11.8. The first-order valence-electron chi connectivity index (χ1n) is 6.67. The van der Waals surface area contributed by atoms with Gasteiger partial charge in [0.2, 0.25) is 0 Å². The lowest BCUT2D eigenvalue weighted by Gasteiger charge is -2.10. The van der Waals surface area contributed by atoms with Gasteiger partial charge in [0.25, 0.3) is 0 Å². The van der Waals surface area contributed by atoms with Gasteiger partial charge in [0, 0.05) is 10.9 Å². The van der Waals surface area contributed by atoms with Gasteiger partial charge in [0.1, 0.15) is 11.3 Å². The normalized spacial score (nSPS) is 12.8. The van der Waals surface area contributed by atoms with Crippen LogP contribution in [0.4, 0.5) is 8.78 Å². The molecule has 2 N–H and O–H groups in total. The number of fused-ring (bicyclic) bond motifs is 1.